The molecule has 0 amide bonds. The highest BCUT2D eigenvalue weighted by Crippen LogP contribution is 2.35. The molecule has 0 saturated carbocycles. The molecular weight excluding hydrogens is 404 g/mol. The van der Waals surface area contributed by atoms with Crippen LogP contribution in [0.2, 0.25) is 5.02 Å². The van der Waals surface area contributed by atoms with E-state index < -0.39 is 30.7 Å². The molecule has 1 N–H and O–H groups in total. The zero-order chi connectivity index (χ0) is 19.7. The molecule has 26 heavy (non-hydrogen) atoms. The highest BCUT2D eigenvalue weighted by Gasteiger charge is 2.28. The van der Waals surface area contributed by atoms with Crippen molar-refractivity contribution in [2.75, 3.05) is 10.6 Å². The number of anilines is 1. The fourth-order valence-corrected chi connectivity index (χ4v) is 5.42. The normalized spacial score (nSPS) is 12.0. The fourth-order valence-electron chi connectivity index (χ4n) is 2.50. The first-order chi connectivity index (χ1) is 12.0. The number of benzene rings is 2. The van der Waals surface area contributed by atoms with Crippen molar-refractivity contribution in [3.8, 4) is 0 Å². The summed E-state index contributed by atoms with van der Waals surface area (Å²) >= 11 is 6.15. The quantitative estimate of drug-likeness (QED) is 0.568. The first-order valence-electron chi connectivity index (χ1n) is 7.18. The summed E-state index contributed by atoms with van der Waals surface area (Å²) in [5.41, 5.74) is 0.185. The van der Waals surface area contributed by atoms with E-state index in [2.05, 4.69) is 4.72 Å². The van der Waals surface area contributed by atoms with E-state index in [9.17, 15) is 26.9 Å². The Kier molecular flexibility index (Phi) is 5.59. The summed E-state index contributed by atoms with van der Waals surface area (Å²) in [6.45, 7) is 2.78. The number of nitrogens with zero attached hydrogens (tertiary/aromatic N) is 1. The van der Waals surface area contributed by atoms with Gasteiger partial charge >= 0.3 is 5.88 Å². The van der Waals surface area contributed by atoms with Crippen LogP contribution in [0.15, 0.2) is 46.2 Å². The van der Waals surface area contributed by atoms with Crippen LogP contribution in [-0.4, -0.2) is 27.6 Å². The van der Waals surface area contributed by atoms with Crippen molar-refractivity contribution in [2.45, 2.75) is 23.6 Å². The van der Waals surface area contributed by atoms with E-state index in [1.54, 1.807) is 18.2 Å². The van der Waals surface area contributed by atoms with Gasteiger partial charge in [0, 0.05) is 4.92 Å². The summed E-state index contributed by atoms with van der Waals surface area (Å²) in [4.78, 5) is 9.39. The molecule has 0 saturated heterocycles. The number of halogens is 1. The van der Waals surface area contributed by atoms with Gasteiger partial charge in [-0.2, -0.15) is 0 Å². The minimum absolute atomic E-state index is 0.00873. The third kappa shape index (κ3) is 4.14. The Morgan fingerprint density at radius 2 is 1.69 bits per heavy atom. The number of rotatable bonds is 6. The Balaban J connectivity index is 2.53. The number of nitro groups is 1. The molecule has 0 fully saturated rings. The van der Waals surface area contributed by atoms with Gasteiger partial charge in [-0.05, 0) is 43.2 Å². The molecule has 11 heteroatoms. The van der Waals surface area contributed by atoms with Crippen molar-refractivity contribution in [2.24, 2.45) is 0 Å². The van der Waals surface area contributed by atoms with Crippen LogP contribution >= 0.6 is 11.6 Å². The highest BCUT2D eigenvalue weighted by atomic mass is 35.5. The van der Waals surface area contributed by atoms with Gasteiger partial charge in [-0.25, -0.2) is 16.8 Å². The Bertz CT molecular complexity index is 1070. The lowest BCUT2D eigenvalue weighted by Crippen LogP contribution is -2.18. The molecule has 0 aliphatic heterocycles. The predicted octanol–water partition coefficient (Wildman–Crippen LogP) is 2.77. The zero-order valence-electron chi connectivity index (χ0n) is 13.8. The van der Waals surface area contributed by atoms with E-state index >= 15 is 0 Å². The van der Waals surface area contributed by atoms with Crippen LogP contribution in [0.25, 0.3) is 0 Å². The molecule has 140 valence electrons. The summed E-state index contributed by atoms with van der Waals surface area (Å²) in [5, 5.41) is 10.5. The van der Waals surface area contributed by atoms with Gasteiger partial charge in [-0.3, -0.25) is 14.8 Å². The minimum Gasteiger partial charge on any atom is -0.278 e. The number of hydrogen-bond donors (Lipinski definition) is 1. The van der Waals surface area contributed by atoms with E-state index in [1.165, 1.54) is 32.0 Å². The van der Waals surface area contributed by atoms with Crippen molar-refractivity contribution in [3.05, 3.63) is 62.7 Å². The fraction of sp³-hybridized carbons (Fsp3) is 0.200. The van der Waals surface area contributed by atoms with Crippen LogP contribution in [0.5, 0.6) is 0 Å². The SMILES string of the molecule is Cc1cc(NS(=O)(=O)c2ccccc2)c(Cl)c(C)c1S(=O)(=O)C[N+](=O)[O-]. The van der Waals surface area contributed by atoms with E-state index in [4.69, 9.17) is 11.6 Å². The van der Waals surface area contributed by atoms with Gasteiger partial charge in [0.25, 0.3) is 10.0 Å². The van der Waals surface area contributed by atoms with Crippen LogP contribution in [0.3, 0.4) is 0 Å². The van der Waals surface area contributed by atoms with Gasteiger partial charge < -0.3 is 0 Å². The Hall–Kier alpha value is -2.17. The molecule has 0 spiro atoms. The standard InChI is InChI=1S/C15H15ClN2O6S2/c1-10-8-13(17-26(23,24)12-6-4-3-5-7-12)14(16)11(2)15(10)25(21,22)9-18(19)20/h3-8,17H,9H2,1-2H3. The lowest BCUT2D eigenvalue weighted by atomic mass is 10.1. The smallest absolute Gasteiger partial charge is 0.278 e. The van der Waals surface area contributed by atoms with Crippen molar-refractivity contribution in [3.63, 3.8) is 0 Å². The third-order valence-corrected chi connectivity index (χ3v) is 7.18. The molecule has 0 aromatic heterocycles. The van der Waals surface area contributed by atoms with Crippen LogP contribution in [0, 0.1) is 24.0 Å². The van der Waals surface area contributed by atoms with Gasteiger partial charge in [0.1, 0.15) is 0 Å². The molecule has 2 rings (SSSR count). The van der Waals surface area contributed by atoms with Crippen molar-refractivity contribution >= 4 is 37.1 Å². The van der Waals surface area contributed by atoms with Gasteiger partial charge in [0.15, 0.2) is 0 Å². The van der Waals surface area contributed by atoms with E-state index in [0.29, 0.717) is 0 Å². The minimum atomic E-state index is -4.22. The van der Waals surface area contributed by atoms with Crippen LogP contribution in [0.1, 0.15) is 11.1 Å². The topological polar surface area (TPSA) is 123 Å². The molecule has 0 unspecified atom stereocenters. The summed E-state index contributed by atoms with van der Waals surface area (Å²) in [6.07, 6.45) is 0. The lowest BCUT2D eigenvalue weighted by Gasteiger charge is -2.16. The maximum atomic E-state index is 12.4. The number of nitrogens with one attached hydrogen (secondary N) is 1. The van der Waals surface area contributed by atoms with Crippen LogP contribution in [-0.2, 0) is 19.9 Å². The second-order valence-corrected chi connectivity index (χ2v) is 9.46. The van der Waals surface area contributed by atoms with Gasteiger partial charge in [-0.15, -0.1) is 0 Å². The molecule has 8 nitrogen and oxygen atoms in total. The summed E-state index contributed by atoms with van der Waals surface area (Å²) in [6, 6.07) is 8.80. The maximum absolute atomic E-state index is 12.4. The third-order valence-electron chi connectivity index (χ3n) is 3.51. The van der Waals surface area contributed by atoms with Gasteiger partial charge in [0.2, 0.25) is 9.84 Å². The zero-order valence-corrected chi connectivity index (χ0v) is 16.2. The second-order valence-electron chi connectivity index (χ2n) is 5.50. The largest absolute Gasteiger partial charge is 0.305 e. The Morgan fingerprint density at radius 1 is 1.12 bits per heavy atom. The number of sulfonamides is 1. The molecule has 0 aliphatic carbocycles. The average Bonchev–Trinajstić information content (AvgIpc) is 2.51. The van der Waals surface area contributed by atoms with E-state index in [-0.39, 0.29) is 31.6 Å². The lowest BCUT2D eigenvalue weighted by molar-refractivity contribution is -0.458. The summed E-state index contributed by atoms with van der Waals surface area (Å²) in [7, 11) is -8.15. The maximum Gasteiger partial charge on any atom is 0.305 e. The molecule has 0 heterocycles. The molecule has 0 bridgehead atoms. The van der Waals surface area contributed by atoms with Crippen molar-refractivity contribution in [1.29, 1.82) is 0 Å². The average molecular weight is 419 g/mol. The monoisotopic (exact) mass is 418 g/mol. The number of aryl methyl sites for hydroxylation is 1. The van der Waals surface area contributed by atoms with Crippen LogP contribution < -0.4 is 4.72 Å². The van der Waals surface area contributed by atoms with Crippen molar-refractivity contribution < 1.29 is 21.8 Å². The Morgan fingerprint density at radius 3 is 2.23 bits per heavy atom. The van der Waals surface area contributed by atoms with Crippen molar-refractivity contribution in [1.82, 2.24) is 0 Å². The number of sulfone groups is 1. The molecule has 2 aromatic carbocycles. The Labute approximate surface area is 155 Å². The summed E-state index contributed by atoms with van der Waals surface area (Å²) < 4.78 is 51.6. The van der Waals surface area contributed by atoms with Crippen LogP contribution in [0.4, 0.5) is 5.69 Å². The molecule has 0 radical (unpaired) electrons. The van der Waals surface area contributed by atoms with Gasteiger partial charge in [-0.1, -0.05) is 29.8 Å². The molecule has 0 aliphatic rings. The highest BCUT2D eigenvalue weighted by molar-refractivity contribution is 7.92. The van der Waals surface area contributed by atoms with Gasteiger partial charge in [0.05, 0.1) is 20.5 Å². The van der Waals surface area contributed by atoms with E-state index in [1.807, 2.05) is 0 Å². The molecule has 2 aromatic rings. The number of hydrogen-bond acceptors (Lipinski definition) is 6. The predicted molar refractivity (Wildman–Crippen MR) is 97.2 cm³/mol. The first-order valence-corrected chi connectivity index (χ1v) is 10.7. The summed E-state index contributed by atoms with van der Waals surface area (Å²) in [5.74, 6) is -1.28. The molecule has 0 atom stereocenters. The van der Waals surface area contributed by atoms with E-state index in [0.717, 1.165) is 0 Å². The first kappa shape index (κ1) is 20.1. The molecular formula is C15H15ClN2O6S2. The second kappa shape index (κ2) is 7.22.